The predicted octanol–water partition coefficient (Wildman–Crippen LogP) is 5.67. The van der Waals surface area contributed by atoms with E-state index in [1.807, 2.05) is 30.3 Å². The van der Waals surface area contributed by atoms with Crippen molar-refractivity contribution < 1.29 is 62.5 Å². The molecule has 0 unspecified atom stereocenters. The lowest BCUT2D eigenvalue weighted by atomic mass is 10.1. The van der Waals surface area contributed by atoms with Gasteiger partial charge in [-0.1, -0.05) is 12.1 Å². The number of benzene rings is 4. The average molecular weight is 959 g/mol. The van der Waals surface area contributed by atoms with Gasteiger partial charge < -0.3 is 54.8 Å². The first kappa shape index (κ1) is 50.1. The van der Waals surface area contributed by atoms with Crippen LogP contribution in [0, 0.1) is 0 Å². The number of carbonyl (C=O) groups is 4. The highest BCUT2D eigenvalue weighted by Crippen LogP contribution is 2.40. The number of aliphatic hydroxyl groups is 1. The Labute approximate surface area is 395 Å². The molecular weight excluding hydrogens is 905 g/mol. The molecule has 17 nitrogen and oxygen atoms in total. The number of amides is 2. The lowest BCUT2D eigenvalue weighted by molar-refractivity contribution is 0.0196. The number of carboxylic acids is 1. The molecule has 19 heteroatoms. The number of aromatic carboxylic acids is 1. The minimum atomic E-state index is -1.01. The van der Waals surface area contributed by atoms with Crippen molar-refractivity contribution in [3.8, 4) is 23.0 Å². The van der Waals surface area contributed by atoms with Crippen LogP contribution < -0.4 is 30.4 Å². The van der Waals surface area contributed by atoms with E-state index in [0.717, 1.165) is 66.1 Å². The van der Waals surface area contributed by atoms with Crippen molar-refractivity contribution in [1.29, 1.82) is 0 Å². The number of ether oxygens (including phenoxy) is 7. The third-order valence-corrected chi connectivity index (χ3v) is 13.0. The number of thiophene rings is 2. The number of aliphatic hydroxyl groups excluding tert-OH is 1. The summed E-state index contributed by atoms with van der Waals surface area (Å²) in [6, 6.07) is 24.0. The van der Waals surface area contributed by atoms with Crippen LogP contribution in [-0.2, 0) is 27.4 Å². The van der Waals surface area contributed by atoms with E-state index in [4.69, 9.17) is 49.7 Å². The van der Waals surface area contributed by atoms with Crippen LogP contribution in [0.5, 0.6) is 23.0 Å². The number of methoxy groups -OCH3 is 2. The van der Waals surface area contributed by atoms with E-state index in [1.165, 1.54) is 22.7 Å². The Hall–Kier alpha value is -6.32. The second-order valence-electron chi connectivity index (χ2n) is 14.9. The summed E-state index contributed by atoms with van der Waals surface area (Å²) in [6.07, 6.45) is 0. The van der Waals surface area contributed by atoms with Crippen molar-refractivity contribution in [1.82, 2.24) is 9.80 Å². The standard InChI is InChI=1S/C24H26N2O6S.C18H15NO5S.C6H13NO2/c1-29-19-3-2-4-20-21(19)18(15-32-17-7-5-16(6-8-17)23(25)27)22(33-20)24(28)31-14-11-26-9-12-30-13-10-26;1-23-13-3-2-4-14-15(13)12(16(25-14)18(21)22)9-24-11-7-5-10(6-8-11)17(19)20;8-4-1-7-2-5-9-6-3-7/h2-8H,9-15H2,1H3,(H2,25,27);2-8H,9H2,1H3,(H2,19,20)(H,21,22);8H,1-6H2. The number of nitrogens with two attached hydrogens (primary N) is 2. The van der Waals surface area contributed by atoms with E-state index in [0.29, 0.717) is 76.5 Å². The highest BCUT2D eigenvalue weighted by Gasteiger charge is 2.24. The number of carboxylic acid groups (broad SMARTS) is 1. The summed E-state index contributed by atoms with van der Waals surface area (Å²) in [5.74, 6) is -0.0789. The Morgan fingerprint density at radius 1 is 0.627 bits per heavy atom. The Bertz CT molecular complexity index is 2580. The minimum Gasteiger partial charge on any atom is -0.496 e. The number of morpholine rings is 2. The first-order chi connectivity index (χ1) is 32.5. The topological polar surface area (TPSA) is 232 Å². The SMILES string of the molecule is COc1cccc2sc(C(=O)O)c(COc3ccc(C(N)=O)cc3)c12.COc1cccc2sc(C(=O)OCCN3CCOCC3)c(COc3ccc(C(N)=O)cc3)c12.OCCN1CCOCC1. The number of fused-ring (bicyclic) bond motifs is 2. The molecule has 8 rings (SSSR count). The van der Waals surface area contributed by atoms with Crippen LogP contribution in [0.1, 0.15) is 51.2 Å². The van der Waals surface area contributed by atoms with Crippen LogP contribution >= 0.6 is 22.7 Å². The highest BCUT2D eigenvalue weighted by atomic mass is 32.1. The van der Waals surface area contributed by atoms with Crippen LogP contribution in [0.2, 0.25) is 0 Å². The summed E-state index contributed by atoms with van der Waals surface area (Å²) < 4.78 is 40.4. The third kappa shape index (κ3) is 13.6. The molecule has 2 fully saturated rings. The molecule has 67 heavy (non-hydrogen) atoms. The number of esters is 1. The van der Waals surface area contributed by atoms with E-state index in [-0.39, 0.29) is 30.7 Å². The van der Waals surface area contributed by atoms with E-state index in [1.54, 1.807) is 68.8 Å². The molecule has 356 valence electrons. The molecule has 4 heterocycles. The molecule has 2 amide bonds. The quantitative estimate of drug-likeness (QED) is 0.0807. The van der Waals surface area contributed by atoms with Gasteiger partial charge in [-0.25, -0.2) is 9.59 Å². The van der Waals surface area contributed by atoms with Gasteiger partial charge in [0, 0.05) is 81.7 Å². The van der Waals surface area contributed by atoms with E-state index in [9.17, 15) is 24.3 Å². The number of β-amino-alcohol motifs (C(OH)–C–C–N with tert-alkyl or cyclic N) is 1. The van der Waals surface area contributed by atoms with Crippen LogP contribution in [0.4, 0.5) is 0 Å². The smallest absolute Gasteiger partial charge is 0.348 e. The van der Waals surface area contributed by atoms with Crippen LogP contribution in [0.3, 0.4) is 0 Å². The van der Waals surface area contributed by atoms with Gasteiger partial charge in [0.05, 0.1) is 47.3 Å². The highest BCUT2D eigenvalue weighted by molar-refractivity contribution is 7.21. The van der Waals surface area contributed by atoms with Crippen molar-refractivity contribution in [2.24, 2.45) is 11.5 Å². The van der Waals surface area contributed by atoms with Gasteiger partial charge in [-0.2, -0.15) is 0 Å². The monoisotopic (exact) mass is 958 g/mol. The summed E-state index contributed by atoms with van der Waals surface area (Å²) in [4.78, 5) is 52.1. The second kappa shape index (κ2) is 25.0. The maximum atomic E-state index is 13.0. The van der Waals surface area contributed by atoms with Gasteiger partial charge in [0.25, 0.3) is 0 Å². The van der Waals surface area contributed by atoms with Crippen molar-refractivity contribution in [2.45, 2.75) is 13.2 Å². The predicted molar refractivity (Wildman–Crippen MR) is 254 cm³/mol. The zero-order valence-corrected chi connectivity index (χ0v) is 38.9. The lowest BCUT2D eigenvalue weighted by Gasteiger charge is -2.26. The number of nitrogens with zero attached hydrogens (tertiary/aromatic N) is 2. The van der Waals surface area contributed by atoms with E-state index < -0.39 is 17.8 Å². The first-order valence-corrected chi connectivity index (χ1v) is 23.0. The van der Waals surface area contributed by atoms with Gasteiger partial charge >= 0.3 is 11.9 Å². The van der Waals surface area contributed by atoms with Gasteiger partial charge in [0.1, 0.15) is 52.6 Å². The summed E-state index contributed by atoms with van der Waals surface area (Å²) >= 11 is 2.54. The molecule has 6 N–H and O–H groups in total. The summed E-state index contributed by atoms with van der Waals surface area (Å²) in [7, 11) is 3.14. The van der Waals surface area contributed by atoms with Gasteiger partial charge in [-0.05, 0) is 72.8 Å². The molecule has 0 spiro atoms. The van der Waals surface area contributed by atoms with Crippen molar-refractivity contribution in [3.63, 3.8) is 0 Å². The van der Waals surface area contributed by atoms with Gasteiger partial charge in [-0.15, -0.1) is 22.7 Å². The van der Waals surface area contributed by atoms with Crippen molar-refractivity contribution >= 4 is 66.6 Å². The fourth-order valence-corrected chi connectivity index (χ4v) is 9.36. The average Bonchev–Trinajstić information content (AvgIpc) is 3.93. The molecule has 0 atom stereocenters. The molecule has 2 aromatic heterocycles. The normalized spacial score (nSPS) is 14.0. The van der Waals surface area contributed by atoms with Crippen molar-refractivity contribution in [3.05, 3.63) is 117 Å². The number of hydrogen-bond donors (Lipinski definition) is 4. The number of primary amides is 2. The number of hydrogen-bond acceptors (Lipinski definition) is 16. The molecule has 0 aliphatic carbocycles. The Balaban J connectivity index is 0.000000191. The molecule has 0 radical (unpaired) electrons. The molecule has 4 aromatic carbocycles. The maximum Gasteiger partial charge on any atom is 0.348 e. The molecular formula is C48H54N4O13S2. The van der Waals surface area contributed by atoms with Crippen molar-refractivity contribution in [2.75, 3.05) is 93.1 Å². The summed E-state index contributed by atoms with van der Waals surface area (Å²) in [5, 5.41) is 19.6. The lowest BCUT2D eigenvalue weighted by Crippen LogP contribution is -2.38. The van der Waals surface area contributed by atoms with Gasteiger partial charge in [0.15, 0.2) is 0 Å². The molecule has 2 aliphatic heterocycles. The largest absolute Gasteiger partial charge is 0.496 e. The Kier molecular flexibility index (Phi) is 18.7. The van der Waals surface area contributed by atoms with Crippen LogP contribution in [-0.4, -0.2) is 137 Å². The molecule has 2 aliphatic rings. The fourth-order valence-electron chi connectivity index (χ4n) is 7.18. The second-order valence-corrected chi connectivity index (χ2v) is 17.0. The van der Waals surface area contributed by atoms with E-state index >= 15 is 0 Å². The summed E-state index contributed by atoms with van der Waals surface area (Å²) in [6.45, 7) is 8.90. The zero-order chi connectivity index (χ0) is 47.7. The van der Waals surface area contributed by atoms with Crippen LogP contribution in [0.25, 0.3) is 20.2 Å². The first-order valence-electron chi connectivity index (χ1n) is 21.3. The van der Waals surface area contributed by atoms with E-state index in [2.05, 4.69) is 9.80 Å². The minimum absolute atomic E-state index is 0.0674. The molecule has 0 bridgehead atoms. The number of carbonyl (C=O) groups excluding carboxylic acids is 3. The fraction of sp³-hybridized carbons (Fsp3) is 0.333. The Morgan fingerprint density at radius 3 is 1.48 bits per heavy atom. The van der Waals surface area contributed by atoms with Gasteiger partial charge in [-0.3, -0.25) is 19.4 Å². The third-order valence-electron chi connectivity index (χ3n) is 10.7. The number of rotatable bonds is 17. The Morgan fingerprint density at radius 2 is 1.06 bits per heavy atom. The summed E-state index contributed by atoms with van der Waals surface area (Å²) in [5.41, 5.74) is 12.5. The van der Waals surface area contributed by atoms with Gasteiger partial charge in [0.2, 0.25) is 11.8 Å². The van der Waals surface area contributed by atoms with Crippen LogP contribution in [0.15, 0.2) is 84.9 Å². The zero-order valence-electron chi connectivity index (χ0n) is 37.2. The molecule has 2 saturated heterocycles. The maximum absolute atomic E-state index is 13.0. The molecule has 6 aromatic rings. The molecule has 0 saturated carbocycles.